The number of hydrogen-bond acceptors (Lipinski definition) is 2. The first kappa shape index (κ1) is 8.73. The van der Waals surface area contributed by atoms with E-state index >= 15 is 0 Å². The average Bonchev–Trinajstić information content (AvgIpc) is 2.02. The molecule has 1 aliphatic rings. The highest BCUT2D eigenvalue weighted by Crippen LogP contribution is 2.13. The van der Waals surface area contributed by atoms with Gasteiger partial charge < -0.3 is 10.4 Å². The molecule has 13 heavy (non-hydrogen) atoms. The Kier molecular flexibility index (Phi) is 2.62. The van der Waals surface area contributed by atoms with Crippen molar-refractivity contribution in [2.75, 3.05) is 13.1 Å². The molecule has 2 N–H and O–H groups in total. The number of rotatable bonds is 3. The zero-order chi connectivity index (χ0) is 9.10. The smallest absolute Gasteiger partial charge is 0.0632 e. The van der Waals surface area contributed by atoms with Gasteiger partial charge in [-0.25, -0.2) is 0 Å². The Morgan fingerprint density at radius 1 is 1.31 bits per heavy atom. The monoisotopic (exact) mass is 177 g/mol. The molecule has 1 atom stereocenters. The van der Waals surface area contributed by atoms with Gasteiger partial charge >= 0.3 is 0 Å². The van der Waals surface area contributed by atoms with Crippen LogP contribution in [0.15, 0.2) is 30.3 Å². The zero-order valence-corrected chi connectivity index (χ0v) is 7.61. The largest absolute Gasteiger partial charge is 0.392 e. The van der Waals surface area contributed by atoms with E-state index in [0.29, 0.717) is 5.92 Å². The third kappa shape index (κ3) is 2.08. The third-order valence-corrected chi connectivity index (χ3v) is 2.64. The summed E-state index contributed by atoms with van der Waals surface area (Å²) in [5.41, 5.74) is 1.22. The van der Waals surface area contributed by atoms with Crippen LogP contribution in [0.4, 0.5) is 0 Å². The minimum absolute atomic E-state index is 0.177. The molecule has 1 unspecified atom stereocenters. The number of aliphatic hydroxyl groups excluding tert-OH is 1. The first-order chi connectivity index (χ1) is 6.36. The molecule has 2 nitrogen and oxygen atoms in total. The Hall–Kier alpha value is -0.860. The van der Waals surface area contributed by atoms with E-state index in [-0.39, 0.29) is 6.10 Å². The van der Waals surface area contributed by atoms with Crippen LogP contribution in [-0.4, -0.2) is 24.3 Å². The molecular formula is C11H15NO. The van der Waals surface area contributed by atoms with Crippen molar-refractivity contribution >= 4 is 0 Å². The minimum Gasteiger partial charge on any atom is -0.392 e. The first-order valence-corrected chi connectivity index (χ1v) is 4.79. The number of aliphatic hydroxyl groups is 1. The summed E-state index contributed by atoms with van der Waals surface area (Å²) in [6, 6.07) is 10.2. The lowest BCUT2D eigenvalue weighted by Crippen LogP contribution is -2.49. The second-order valence-electron chi connectivity index (χ2n) is 3.68. The summed E-state index contributed by atoms with van der Waals surface area (Å²) in [4.78, 5) is 0. The van der Waals surface area contributed by atoms with Gasteiger partial charge in [-0.05, 0) is 12.0 Å². The number of benzene rings is 1. The van der Waals surface area contributed by atoms with Gasteiger partial charge in [0.05, 0.1) is 6.10 Å². The molecule has 1 aromatic rings. The second kappa shape index (κ2) is 3.90. The fourth-order valence-electron chi connectivity index (χ4n) is 1.61. The molecule has 1 aliphatic heterocycles. The van der Waals surface area contributed by atoms with Crippen LogP contribution in [0.25, 0.3) is 0 Å². The Morgan fingerprint density at radius 3 is 2.54 bits per heavy atom. The summed E-state index contributed by atoms with van der Waals surface area (Å²) < 4.78 is 0. The summed E-state index contributed by atoms with van der Waals surface area (Å²) in [6.07, 6.45) is 0.608. The minimum atomic E-state index is -0.177. The molecule has 2 heteroatoms. The maximum Gasteiger partial charge on any atom is 0.0632 e. The van der Waals surface area contributed by atoms with Crippen molar-refractivity contribution in [1.29, 1.82) is 0 Å². The van der Waals surface area contributed by atoms with Crippen LogP contribution in [-0.2, 0) is 6.42 Å². The predicted octanol–water partition coefficient (Wildman–Crippen LogP) is 0.809. The van der Waals surface area contributed by atoms with Crippen LogP contribution in [0, 0.1) is 5.92 Å². The summed E-state index contributed by atoms with van der Waals surface area (Å²) in [5.74, 6) is 0.459. The predicted molar refractivity (Wildman–Crippen MR) is 52.5 cm³/mol. The normalized spacial score (nSPS) is 19.5. The molecule has 1 fully saturated rings. The van der Waals surface area contributed by atoms with Crippen LogP contribution in [0.3, 0.4) is 0 Å². The number of hydrogen-bond donors (Lipinski definition) is 2. The third-order valence-electron chi connectivity index (χ3n) is 2.64. The van der Waals surface area contributed by atoms with Gasteiger partial charge in [-0.3, -0.25) is 0 Å². The lowest BCUT2D eigenvalue weighted by Gasteiger charge is -2.31. The molecule has 2 rings (SSSR count). The Morgan fingerprint density at radius 2 is 2.00 bits per heavy atom. The Labute approximate surface area is 78.6 Å². The van der Waals surface area contributed by atoms with Crippen molar-refractivity contribution in [2.24, 2.45) is 5.92 Å². The number of nitrogens with one attached hydrogen (secondary N) is 1. The molecule has 1 saturated heterocycles. The van der Waals surface area contributed by atoms with Crippen molar-refractivity contribution in [2.45, 2.75) is 12.5 Å². The molecule has 0 saturated carbocycles. The maximum atomic E-state index is 9.78. The van der Waals surface area contributed by atoms with Gasteiger partial charge in [0.1, 0.15) is 0 Å². The molecule has 0 spiro atoms. The highest BCUT2D eigenvalue weighted by Gasteiger charge is 2.24. The van der Waals surface area contributed by atoms with E-state index in [1.54, 1.807) is 0 Å². The highest BCUT2D eigenvalue weighted by atomic mass is 16.3. The van der Waals surface area contributed by atoms with Gasteiger partial charge in [0.25, 0.3) is 0 Å². The maximum absolute atomic E-state index is 9.78. The van der Waals surface area contributed by atoms with E-state index < -0.39 is 0 Å². The van der Waals surface area contributed by atoms with Gasteiger partial charge in [0, 0.05) is 19.0 Å². The fourth-order valence-corrected chi connectivity index (χ4v) is 1.61. The van der Waals surface area contributed by atoms with Crippen LogP contribution >= 0.6 is 0 Å². The molecule has 70 valence electrons. The van der Waals surface area contributed by atoms with Gasteiger partial charge in [0.15, 0.2) is 0 Å². The van der Waals surface area contributed by atoms with E-state index in [9.17, 15) is 5.11 Å². The fraction of sp³-hybridized carbons (Fsp3) is 0.455. The highest BCUT2D eigenvalue weighted by molar-refractivity contribution is 5.15. The van der Waals surface area contributed by atoms with Crippen molar-refractivity contribution < 1.29 is 5.11 Å². The molecule has 1 aromatic carbocycles. The quantitative estimate of drug-likeness (QED) is 0.716. The standard InChI is InChI=1S/C11H15NO/c13-11(10-7-12-8-10)6-9-4-2-1-3-5-9/h1-5,10-13H,6-8H2. The van der Waals surface area contributed by atoms with E-state index in [1.165, 1.54) is 5.56 Å². The molecule has 0 bridgehead atoms. The Bertz CT molecular complexity index is 256. The van der Waals surface area contributed by atoms with Gasteiger partial charge in [-0.2, -0.15) is 0 Å². The van der Waals surface area contributed by atoms with Crippen molar-refractivity contribution in [3.8, 4) is 0 Å². The zero-order valence-electron chi connectivity index (χ0n) is 7.61. The lowest BCUT2D eigenvalue weighted by molar-refractivity contribution is 0.0772. The van der Waals surface area contributed by atoms with E-state index in [1.807, 2.05) is 18.2 Å². The van der Waals surface area contributed by atoms with Gasteiger partial charge in [-0.1, -0.05) is 30.3 Å². The lowest BCUT2D eigenvalue weighted by atomic mass is 9.92. The molecule has 1 heterocycles. The SMILES string of the molecule is OC(Cc1ccccc1)C1CNC1. The van der Waals surface area contributed by atoms with Gasteiger partial charge in [0.2, 0.25) is 0 Å². The van der Waals surface area contributed by atoms with Crippen LogP contribution in [0.1, 0.15) is 5.56 Å². The molecule has 0 radical (unpaired) electrons. The van der Waals surface area contributed by atoms with Crippen LogP contribution < -0.4 is 5.32 Å². The topological polar surface area (TPSA) is 32.3 Å². The van der Waals surface area contributed by atoms with Crippen molar-refractivity contribution in [3.63, 3.8) is 0 Å². The Balaban J connectivity index is 1.90. The van der Waals surface area contributed by atoms with E-state index in [2.05, 4.69) is 17.4 Å². The molecule has 0 amide bonds. The van der Waals surface area contributed by atoms with Crippen LogP contribution in [0.5, 0.6) is 0 Å². The molecular weight excluding hydrogens is 162 g/mol. The summed E-state index contributed by atoms with van der Waals surface area (Å²) in [6.45, 7) is 1.93. The molecule has 0 aliphatic carbocycles. The van der Waals surface area contributed by atoms with Crippen LogP contribution in [0.2, 0.25) is 0 Å². The summed E-state index contributed by atoms with van der Waals surface area (Å²) in [7, 11) is 0. The van der Waals surface area contributed by atoms with Crippen molar-refractivity contribution in [3.05, 3.63) is 35.9 Å². The van der Waals surface area contributed by atoms with Crippen molar-refractivity contribution in [1.82, 2.24) is 5.32 Å². The summed E-state index contributed by atoms with van der Waals surface area (Å²) in [5, 5.41) is 13.0. The molecule has 0 aromatic heterocycles. The van der Waals surface area contributed by atoms with E-state index in [0.717, 1.165) is 19.5 Å². The van der Waals surface area contributed by atoms with Gasteiger partial charge in [-0.15, -0.1) is 0 Å². The average molecular weight is 177 g/mol. The van der Waals surface area contributed by atoms with E-state index in [4.69, 9.17) is 0 Å². The second-order valence-corrected chi connectivity index (χ2v) is 3.68. The first-order valence-electron chi connectivity index (χ1n) is 4.79. The summed E-state index contributed by atoms with van der Waals surface area (Å²) >= 11 is 0.